The van der Waals surface area contributed by atoms with Gasteiger partial charge in [0.2, 0.25) is 0 Å². The summed E-state index contributed by atoms with van der Waals surface area (Å²) in [6, 6.07) is 0.335. The van der Waals surface area contributed by atoms with Gasteiger partial charge in [0.25, 0.3) is 0 Å². The molecule has 11 heavy (non-hydrogen) atoms. The number of rotatable bonds is 6. The van der Waals surface area contributed by atoms with E-state index in [-0.39, 0.29) is 0 Å². The summed E-state index contributed by atoms with van der Waals surface area (Å²) in [6.07, 6.45) is 5.50. The van der Waals surface area contributed by atoms with Gasteiger partial charge in [0.15, 0.2) is 0 Å². The second kappa shape index (κ2) is 7.70. The molecule has 0 aromatic carbocycles. The van der Waals surface area contributed by atoms with Crippen molar-refractivity contribution in [1.29, 1.82) is 0 Å². The monoisotopic (exact) mass is 282 g/mol. The molecule has 2 unspecified atom stereocenters. The first-order chi connectivity index (χ1) is 5.20. The van der Waals surface area contributed by atoms with Crippen molar-refractivity contribution in [1.82, 2.24) is 0 Å². The molecule has 4 heteroatoms. The second-order valence-electron chi connectivity index (χ2n) is 2.69. The van der Waals surface area contributed by atoms with Crippen LogP contribution in [0.3, 0.4) is 0 Å². The van der Waals surface area contributed by atoms with Crippen LogP contribution in [0.4, 0.5) is 0 Å². The minimum atomic E-state index is 0.335. The molecule has 0 fully saturated rings. The van der Waals surface area contributed by atoms with Crippen LogP contribution in [-0.4, -0.2) is 40.7 Å². The van der Waals surface area contributed by atoms with Crippen molar-refractivity contribution in [2.45, 2.75) is 37.7 Å². The van der Waals surface area contributed by atoms with E-state index in [0.717, 1.165) is 35.8 Å². The third-order valence-electron chi connectivity index (χ3n) is 1.49. The van der Waals surface area contributed by atoms with Crippen molar-refractivity contribution in [3.8, 4) is 0 Å². The van der Waals surface area contributed by atoms with Crippen molar-refractivity contribution < 1.29 is 3.07 Å². The van der Waals surface area contributed by atoms with Gasteiger partial charge in [-0.3, -0.25) is 0 Å². The minimum absolute atomic E-state index is 0.335. The topological polar surface area (TPSA) is 35.2 Å². The molecule has 0 radical (unpaired) electrons. The number of nitrogens with two attached hydrogens (primary N) is 1. The van der Waals surface area contributed by atoms with Crippen LogP contribution in [0.25, 0.3) is 0 Å². The first kappa shape index (κ1) is 12.1. The normalized spacial score (nSPS) is 16.5. The molecule has 62 valence electrons. The maximum absolute atomic E-state index is 5.62. The Hall–Kier alpha value is 1.07. The zero-order valence-electron chi connectivity index (χ0n) is 7.17. The molecular weight excluding hydrogens is 265 g/mol. The van der Waals surface area contributed by atoms with E-state index in [1.165, 1.54) is 6.42 Å². The second-order valence-corrected chi connectivity index (χ2v) is 4.36. The molecule has 0 aliphatic carbocycles. The van der Waals surface area contributed by atoms with Gasteiger partial charge >= 0.3 is 87.4 Å². The molecule has 0 aromatic rings. The Labute approximate surface area is 87.3 Å². The SMILES string of the molecule is CSC(CCCC(C)N)[O][Sn+3]. The summed E-state index contributed by atoms with van der Waals surface area (Å²) in [7, 11) is 0. The zero-order chi connectivity index (χ0) is 8.69. The summed E-state index contributed by atoms with van der Waals surface area (Å²) >= 11 is 2.95. The summed E-state index contributed by atoms with van der Waals surface area (Å²) in [6.45, 7) is 2.05. The average Bonchev–Trinajstić information content (AvgIpc) is 1.98. The molecule has 0 rings (SSSR count). The van der Waals surface area contributed by atoms with Gasteiger partial charge in [-0.2, -0.15) is 0 Å². The van der Waals surface area contributed by atoms with Crippen LogP contribution in [0.1, 0.15) is 26.2 Å². The predicted octanol–water partition coefficient (Wildman–Crippen LogP) is 1.29. The van der Waals surface area contributed by atoms with E-state index in [9.17, 15) is 0 Å². The number of thioether (sulfide) groups is 1. The molecule has 2 nitrogen and oxygen atoms in total. The molecular formula is C7H16NOSSn+3. The van der Waals surface area contributed by atoms with Crippen molar-refractivity contribution in [3.63, 3.8) is 0 Å². The Morgan fingerprint density at radius 1 is 1.55 bits per heavy atom. The van der Waals surface area contributed by atoms with Gasteiger partial charge in [-0.15, -0.1) is 0 Å². The van der Waals surface area contributed by atoms with Gasteiger partial charge in [-0.1, -0.05) is 0 Å². The quantitative estimate of drug-likeness (QED) is 0.588. The van der Waals surface area contributed by atoms with E-state index in [2.05, 4.69) is 6.26 Å². The van der Waals surface area contributed by atoms with Crippen molar-refractivity contribution in [2.24, 2.45) is 5.73 Å². The van der Waals surface area contributed by atoms with E-state index in [0.29, 0.717) is 11.5 Å². The molecule has 2 N–H and O–H groups in total. The fraction of sp³-hybridized carbons (Fsp3) is 1.00. The van der Waals surface area contributed by atoms with Crippen molar-refractivity contribution in [2.75, 3.05) is 6.26 Å². The molecule has 0 spiro atoms. The van der Waals surface area contributed by atoms with Crippen molar-refractivity contribution in [3.05, 3.63) is 0 Å². The van der Waals surface area contributed by atoms with E-state index >= 15 is 0 Å². The Morgan fingerprint density at radius 2 is 2.18 bits per heavy atom. The van der Waals surface area contributed by atoms with Gasteiger partial charge < -0.3 is 0 Å². The Balaban J connectivity index is 3.21. The van der Waals surface area contributed by atoms with E-state index in [1.807, 2.05) is 6.92 Å². The molecule has 0 amide bonds. The van der Waals surface area contributed by atoms with E-state index in [1.54, 1.807) is 11.8 Å². The number of hydrogen-bond donors (Lipinski definition) is 1. The first-order valence-corrected chi connectivity index (χ1v) is 6.26. The fourth-order valence-electron chi connectivity index (χ4n) is 0.831. The molecule has 0 saturated heterocycles. The summed E-state index contributed by atoms with van der Waals surface area (Å²) < 4.78 is 5.29. The van der Waals surface area contributed by atoms with Crippen LogP contribution in [0.15, 0.2) is 0 Å². The summed E-state index contributed by atoms with van der Waals surface area (Å²) in [5.41, 5.74) is 6.01. The summed E-state index contributed by atoms with van der Waals surface area (Å²) in [5.74, 6) is 0. The summed E-state index contributed by atoms with van der Waals surface area (Å²) in [5, 5.41) is 0. The standard InChI is InChI=1S/C7H16NOS.Sn/c1-6(8)4-3-5-7(9)10-2;/h6-7H,3-5,8H2,1-2H3;/q-1;+4. The fourth-order valence-corrected chi connectivity index (χ4v) is 2.49. The van der Waals surface area contributed by atoms with E-state index in [4.69, 9.17) is 8.81 Å². The van der Waals surface area contributed by atoms with Crippen LogP contribution in [-0.2, 0) is 3.07 Å². The molecule has 0 aliphatic rings. The van der Waals surface area contributed by atoms with Crippen molar-refractivity contribution >= 4 is 34.7 Å². The van der Waals surface area contributed by atoms with Crippen LogP contribution in [0.2, 0.25) is 0 Å². The maximum atomic E-state index is 5.62. The Morgan fingerprint density at radius 3 is 2.55 bits per heavy atom. The first-order valence-electron chi connectivity index (χ1n) is 3.81. The molecule has 2 atom stereocenters. The van der Waals surface area contributed by atoms with Crippen LogP contribution >= 0.6 is 11.8 Å². The molecule has 0 saturated carbocycles. The van der Waals surface area contributed by atoms with Crippen LogP contribution in [0.5, 0.6) is 0 Å². The molecule has 0 bridgehead atoms. The van der Waals surface area contributed by atoms with Gasteiger partial charge in [-0.05, 0) is 0 Å². The third-order valence-corrected chi connectivity index (χ3v) is 3.65. The number of hydrogen-bond acceptors (Lipinski definition) is 3. The average molecular weight is 281 g/mol. The van der Waals surface area contributed by atoms with Gasteiger partial charge in [-0.25, -0.2) is 0 Å². The molecule has 0 aliphatic heterocycles. The Kier molecular flexibility index (Phi) is 8.45. The molecule has 0 heterocycles. The zero-order valence-corrected chi connectivity index (χ0v) is 10.8. The Bertz CT molecular complexity index is 88.5. The van der Waals surface area contributed by atoms with E-state index < -0.39 is 0 Å². The summed E-state index contributed by atoms with van der Waals surface area (Å²) in [4.78, 5) is 0. The van der Waals surface area contributed by atoms with Crippen LogP contribution < -0.4 is 5.73 Å². The predicted molar refractivity (Wildman–Crippen MR) is 51.6 cm³/mol. The van der Waals surface area contributed by atoms with Gasteiger partial charge in [0, 0.05) is 0 Å². The molecule has 0 aromatic heterocycles. The van der Waals surface area contributed by atoms with Crippen LogP contribution in [0, 0.1) is 0 Å². The van der Waals surface area contributed by atoms with Gasteiger partial charge in [0.1, 0.15) is 0 Å². The van der Waals surface area contributed by atoms with Gasteiger partial charge in [0.05, 0.1) is 0 Å². The third kappa shape index (κ3) is 7.43.